The Morgan fingerprint density at radius 3 is 2.61 bits per heavy atom. The Hall–Kier alpha value is -1.07. The van der Waals surface area contributed by atoms with Gasteiger partial charge in [0.2, 0.25) is 5.91 Å². The van der Waals surface area contributed by atoms with Gasteiger partial charge in [0.1, 0.15) is 12.4 Å². The van der Waals surface area contributed by atoms with E-state index in [1.165, 1.54) is 12.8 Å². The molecule has 0 unspecified atom stereocenters. The lowest BCUT2D eigenvalue weighted by atomic mass is 10.0. The molecule has 0 heterocycles. The molecule has 1 aliphatic carbocycles. The molecular weight excluding hydrogens is 296 g/mol. The van der Waals surface area contributed by atoms with E-state index in [4.69, 9.17) is 16.2 Å². The lowest BCUT2D eigenvalue weighted by Crippen LogP contribution is -2.42. The predicted molar refractivity (Wildman–Crippen MR) is 73.5 cm³/mol. The number of carbonyl (C=O) groups excluding carboxylic acids is 1. The first kappa shape index (κ1) is 13.4. The summed E-state index contributed by atoms with van der Waals surface area (Å²) in [6, 6.07) is 5.05. The molecule has 98 valence electrons. The average molecular weight is 313 g/mol. The summed E-state index contributed by atoms with van der Waals surface area (Å²) in [4.78, 5) is 11.0. The van der Waals surface area contributed by atoms with Gasteiger partial charge in [0, 0.05) is 5.56 Å². The smallest absolute Gasteiger partial charge is 0.248 e. The van der Waals surface area contributed by atoms with Gasteiger partial charge in [0.25, 0.3) is 0 Å². The van der Waals surface area contributed by atoms with Crippen LogP contribution < -0.4 is 16.2 Å². The molecule has 1 amide bonds. The number of rotatable bonds is 4. The molecule has 1 fully saturated rings. The van der Waals surface area contributed by atoms with Crippen LogP contribution in [0.4, 0.5) is 0 Å². The van der Waals surface area contributed by atoms with Gasteiger partial charge in [-0.1, -0.05) is 12.8 Å². The number of benzene rings is 1. The van der Waals surface area contributed by atoms with Crippen LogP contribution in [0.1, 0.15) is 36.0 Å². The van der Waals surface area contributed by atoms with E-state index in [0.717, 1.165) is 17.3 Å². The topological polar surface area (TPSA) is 78.3 Å². The minimum atomic E-state index is -0.451. The number of halogens is 1. The minimum Gasteiger partial charge on any atom is -0.490 e. The van der Waals surface area contributed by atoms with Crippen LogP contribution in [0.2, 0.25) is 0 Å². The zero-order chi connectivity index (χ0) is 13.2. The summed E-state index contributed by atoms with van der Waals surface area (Å²) in [7, 11) is 0. The highest BCUT2D eigenvalue weighted by atomic mass is 79.9. The number of primary amides is 1. The van der Waals surface area contributed by atoms with Crippen LogP contribution in [0.15, 0.2) is 22.7 Å². The van der Waals surface area contributed by atoms with Crippen LogP contribution in [-0.2, 0) is 0 Å². The second-order valence-corrected chi connectivity index (χ2v) is 5.72. The lowest BCUT2D eigenvalue weighted by Gasteiger charge is -2.24. The van der Waals surface area contributed by atoms with E-state index in [1.54, 1.807) is 18.2 Å². The first-order chi connectivity index (χ1) is 8.50. The number of nitrogens with two attached hydrogens (primary N) is 2. The van der Waals surface area contributed by atoms with Crippen LogP contribution in [0.25, 0.3) is 0 Å². The van der Waals surface area contributed by atoms with Crippen molar-refractivity contribution in [2.75, 3.05) is 6.61 Å². The molecule has 0 bridgehead atoms. The summed E-state index contributed by atoms with van der Waals surface area (Å²) in [6.07, 6.45) is 4.34. The molecule has 0 aliphatic heterocycles. The molecule has 1 aromatic rings. The van der Waals surface area contributed by atoms with E-state index in [-0.39, 0.29) is 5.54 Å². The Morgan fingerprint density at radius 1 is 1.39 bits per heavy atom. The van der Waals surface area contributed by atoms with Gasteiger partial charge in [-0.15, -0.1) is 0 Å². The highest BCUT2D eigenvalue weighted by Crippen LogP contribution is 2.30. The maximum Gasteiger partial charge on any atom is 0.248 e. The van der Waals surface area contributed by atoms with Crippen molar-refractivity contribution >= 4 is 21.8 Å². The molecule has 4 N–H and O–H groups in total. The lowest BCUT2D eigenvalue weighted by molar-refractivity contribution is 0.1000. The molecule has 0 saturated heterocycles. The van der Waals surface area contributed by atoms with E-state index < -0.39 is 5.91 Å². The normalized spacial score (nSPS) is 17.7. The van der Waals surface area contributed by atoms with E-state index in [2.05, 4.69) is 15.9 Å². The van der Waals surface area contributed by atoms with Crippen molar-refractivity contribution in [3.63, 3.8) is 0 Å². The quantitative estimate of drug-likeness (QED) is 0.894. The van der Waals surface area contributed by atoms with Crippen LogP contribution in [-0.4, -0.2) is 18.1 Å². The number of hydrogen-bond donors (Lipinski definition) is 2. The first-order valence-corrected chi connectivity index (χ1v) is 6.80. The van der Waals surface area contributed by atoms with E-state index in [9.17, 15) is 4.79 Å². The summed E-state index contributed by atoms with van der Waals surface area (Å²) in [5.74, 6) is 0.241. The zero-order valence-electron chi connectivity index (χ0n) is 10.1. The molecule has 1 saturated carbocycles. The van der Waals surface area contributed by atoms with E-state index in [1.807, 2.05) is 0 Å². The zero-order valence-corrected chi connectivity index (χ0v) is 11.7. The van der Waals surface area contributed by atoms with Crippen molar-refractivity contribution in [1.29, 1.82) is 0 Å². The minimum absolute atomic E-state index is 0.207. The number of hydrogen-bond acceptors (Lipinski definition) is 3. The Kier molecular flexibility index (Phi) is 3.92. The summed E-state index contributed by atoms with van der Waals surface area (Å²) < 4.78 is 6.46. The monoisotopic (exact) mass is 312 g/mol. The van der Waals surface area contributed by atoms with Gasteiger partial charge >= 0.3 is 0 Å². The van der Waals surface area contributed by atoms with Crippen LogP contribution in [0.5, 0.6) is 5.75 Å². The average Bonchev–Trinajstić information content (AvgIpc) is 2.75. The first-order valence-electron chi connectivity index (χ1n) is 6.01. The van der Waals surface area contributed by atoms with Crippen molar-refractivity contribution in [2.45, 2.75) is 31.2 Å². The van der Waals surface area contributed by atoms with Crippen LogP contribution >= 0.6 is 15.9 Å². The van der Waals surface area contributed by atoms with Crippen LogP contribution in [0, 0.1) is 0 Å². The van der Waals surface area contributed by atoms with Gasteiger partial charge in [0.05, 0.1) is 10.0 Å². The molecule has 5 heteroatoms. The fourth-order valence-electron chi connectivity index (χ4n) is 2.22. The van der Waals surface area contributed by atoms with E-state index >= 15 is 0 Å². The molecule has 0 spiro atoms. The van der Waals surface area contributed by atoms with E-state index in [0.29, 0.717) is 17.9 Å². The summed E-state index contributed by atoms with van der Waals surface area (Å²) in [5.41, 5.74) is 11.7. The fraction of sp³-hybridized carbons (Fsp3) is 0.462. The highest BCUT2D eigenvalue weighted by Gasteiger charge is 2.30. The van der Waals surface area contributed by atoms with Gasteiger partial charge < -0.3 is 16.2 Å². The molecule has 0 aromatic heterocycles. The number of ether oxygens (including phenoxy) is 1. The molecule has 1 aliphatic rings. The third kappa shape index (κ3) is 3.03. The third-order valence-corrected chi connectivity index (χ3v) is 3.95. The van der Waals surface area contributed by atoms with Crippen molar-refractivity contribution < 1.29 is 9.53 Å². The van der Waals surface area contributed by atoms with Crippen LogP contribution in [0.3, 0.4) is 0 Å². The Morgan fingerprint density at radius 2 is 2.06 bits per heavy atom. The summed E-state index contributed by atoms with van der Waals surface area (Å²) in [6.45, 7) is 0.502. The molecule has 0 radical (unpaired) electrons. The third-order valence-electron chi connectivity index (χ3n) is 3.33. The Balaban J connectivity index is 2.03. The van der Waals surface area contributed by atoms with Gasteiger partial charge in [-0.2, -0.15) is 0 Å². The maximum atomic E-state index is 11.0. The standard InChI is InChI=1S/C13H17BrN2O2/c14-10-7-9(12(15)17)3-4-11(10)18-8-13(16)5-1-2-6-13/h3-4,7H,1-2,5-6,8,16H2,(H2,15,17). The molecule has 4 nitrogen and oxygen atoms in total. The Bertz CT molecular complexity index is 456. The fourth-order valence-corrected chi connectivity index (χ4v) is 2.71. The SMILES string of the molecule is NC(=O)c1ccc(OCC2(N)CCCC2)c(Br)c1. The molecule has 0 atom stereocenters. The summed E-state index contributed by atoms with van der Waals surface area (Å²) in [5, 5.41) is 0. The number of amides is 1. The predicted octanol–water partition coefficient (Wildman–Crippen LogP) is 2.20. The van der Waals surface area contributed by atoms with Gasteiger partial charge in [-0.05, 0) is 47.0 Å². The molecule has 18 heavy (non-hydrogen) atoms. The van der Waals surface area contributed by atoms with Crippen molar-refractivity contribution in [1.82, 2.24) is 0 Å². The summed E-state index contributed by atoms with van der Waals surface area (Å²) >= 11 is 3.37. The van der Waals surface area contributed by atoms with Crippen molar-refractivity contribution in [3.8, 4) is 5.75 Å². The molecule has 2 rings (SSSR count). The molecular formula is C13H17BrN2O2. The van der Waals surface area contributed by atoms with Crippen molar-refractivity contribution in [2.24, 2.45) is 11.5 Å². The second-order valence-electron chi connectivity index (χ2n) is 4.87. The highest BCUT2D eigenvalue weighted by molar-refractivity contribution is 9.10. The maximum absolute atomic E-state index is 11.0. The largest absolute Gasteiger partial charge is 0.490 e. The Labute approximate surface area is 115 Å². The van der Waals surface area contributed by atoms with Gasteiger partial charge in [-0.3, -0.25) is 4.79 Å². The number of carbonyl (C=O) groups is 1. The second kappa shape index (κ2) is 5.28. The van der Waals surface area contributed by atoms with Crippen molar-refractivity contribution in [3.05, 3.63) is 28.2 Å². The molecule has 1 aromatic carbocycles. The van der Waals surface area contributed by atoms with Gasteiger partial charge in [-0.25, -0.2) is 0 Å². The van der Waals surface area contributed by atoms with Gasteiger partial charge in [0.15, 0.2) is 0 Å².